The highest BCUT2D eigenvalue weighted by atomic mass is 16.5. The zero-order chi connectivity index (χ0) is 14.5. The van der Waals surface area contributed by atoms with Gasteiger partial charge in [-0.1, -0.05) is 42.5 Å². The number of pyridine rings is 1. The molecule has 0 unspecified atom stereocenters. The average molecular weight is 278 g/mol. The van der Waals surface area contributed by atoms with Crippen molar-refractivity contribution in [3.05, 3.63) is 66.4 Å². The van der Waals surface area contributed by atoms with E-state index in [2.05, 4.69) is 35.4 Å². The molecule has 0 aliphatic rings. The fourth-order valence-corrected chi connectivity index (χ4v) is 2.31. The van der Waals surface area contributed by atoms with E-state index in [-0.39, 0.29) is 0 Å². The Bertz CT molecular complexity index is 735. The van der Waals surface area contributed by atoms with Gasteiger partial charge in [-0.3, -0.25) is 0 Å². The SMILES string of the molecule is CCNc1cccc(COc2cccc3ccccc23)n1. The predicted molar refractivity (Wildman–Crippen MR) is 86.7 cm³/mol. The first-order valence-electron chi connectivity index (χ1n) is 7.17. The third-order valence-corrected chi connectivity index (χ3v) is 3.29. The maximum absolute atomic E-state index is 5.95. The van der Waals surface area contributed by atoms with Gasteiger partial charge >= 0.3 is 0 Å². The zero-order valence-corrected chi connectivity index (χ0v) is 12.0. The van der Waals surface area contributed by atoms with Crippen LogP contribution in [0.5, 0.6) is 5.75 Å². The lowest BCUT2D eigenvalue weighted by atomic mass is 10.1. The quantitative estimate of drug-likeness (QED) is 0.757. The van der Waals surface area contributed by atoms with E-state index in [0.29, 0.717) is 6.61 Å². The van der Waals surface area contributed by atoms with Gasteiger partial charge in [-0.25, -0.2) is 4.98 Å². The summed E-state index contributed by atoms with van der Waals surface area (Å²) >= 11 is 0. The summed E-state index contributed by atoms with van der Waals surface area (Å²) in [7, 11) is 0. The Morgan fingerprint density at radius 3 is 2.67 bits per heavy atom. The molecule has 2 aromatic carbocycles. The molecule has 0 atom stereocenters. The van der Waals surface area contributed by atoms with Crippen LogP contribution < -0.4 is 10.1 Å². The molecule has 3 heteroatoms. The van der Waals surface area contributed by atoms with E-state index in [4.69, 9.17) is 4.74 Å². The molecule has 0 saturated heterocycles. The van der Waals surface area contributed by atoms with Crippen molar-refractivity contribution in [3.8, 4) is 5.75 Å². The van der Waals surface area contributed by atoms with Crippen LogP contribution in [-0.4, -0.2) is 11.5 Å². The lowest BCUT2D eigenvalue weighted by molar-refractivity contribution is 0.305. The highest BCUT2D eigenvalue weighted by molar-refractivity contribution is 5.88. The van der Waals surface area contributed by atoms with Gasteiger partial charge in [0.15, 0.2) is 0 Å². The van der Waals surface area contributed by atoms with Crippen molar-refractivity contribution < 1.29 is 4.74 Å². The number of nitrogens with one attached hydrogen (secondary N) is 1. The van der Waals surface area contributed by atoms with Crippen molar-refractivity contribution in [2.24, 2.45) is 0 Å². The second-order valence-corrected chi connectivity index (χ2v) is 4.81. The van der Waals surface area contributed by atoms with Crippen molar-refractivity contribution >= 4 is 16.6 Å². The van der Waals surface area contributed by atoms with Crippen LogP contribution in [-0.2, 0) is 6.61 Å². The number of anilines is 1. The largest absolute Gasteiger partial charge is 0.487 e. The van der Waals surface area contributed by atoms with Crippen LogP contribution in [0.15, 0.2) is 60.7 Å². The number of ether oxygens (including phenoxy) is 1. The highest BCUT2D eigenvalue weighted by Crippen LogP contribution is 2.25. The lowest BCUT2D eigenvalue weighted by Crippen LogP contribution is -2.03. The van der Waals surface area contributed by atoms with Gasteiger partial charge < -0.3 is 10.1 Å². The van der Waals surface area contributed by atoms with Gasteiger partial charge in [0.25, 0.3) is 0 Å². The number of benzene rings is 2. The number of fused-ring (bicyclic) bond motifs is 1. The Labute approximate surface area is 124 Å². The minimum atomic E-state index is 0.466. The van der Waals surface area contributed by atoms with E-state index in [1.54, 1.807) is 0 Å². The van der Waals surface area contributed by atoms with Crippen LogP contribution in [0.3, 0.4) is 0 Å². The van der Waals surface area contributed by atoms with E-state index < -0.39 is 0 Å². The van der Waals surface area contributed by atoms with Crippen LogP contribution in [0.25, 0.3) is 10.8 Å². The van der Waals surface area contributed by atoms with Crippen molar-refractivity contribution in [3.63, 3.8) is 0 Å². The number of hydrogen-bond acceptors (Lipinski definition) is 3. The normalized spacial score (nSPS) is 10.5. The van der Waals surface area contributed by atoms with Gasteiger partial charge in [0.2, 0.25) is 0 Å². The summed E-state index contributed by atoms with van der Waals surface area (Å²) in [5.41, 5.74) is 0.918. The molecule has 0 aliphatic carbocycles. The smallest absolute Gasteiger partial charge is 0.130 e. The number of aromatic nitrogens is 1. The Morgan fingerprint density at radius 2 is 1.76 bits per heavy atom. The summed E-state index contributed by atoms with van der Waals surface area (Å²) in [6.45, 7) is 3.38. The van der Waals surface area contributed by atoms with Crippen molar-refractivity contribution in [2.75, 3.05) is 11.9 Å². The fraction of sp³-hybridized carbons (Fsp3) is 0.167. The zero-order valence-electron chi connectivity index (χ0n) is 12.0. The third kappa shape index (κ3) is 3.14. The molecule has 1 heterocycles. The van der Waals surface area contributed by atoms with E-state index in [1.807, 2.05) is 42.5 Å². The minimum Gasteiger partial charge on any atom is -0.487 e. The molecule has 0 aliphatic heterocycles. The Hall–Kier alpha value is -2.55. The summed E-state index contributed by atoms with van der Waals surface area (Å²) in [5, 5.41) is 5.52. The van der Waals surface area contributed by atoms with Gasteiger partial charge in [-0.2, -0.15) is 0 Å². The first kappa shape index (κ1) is 13.4. The Morgan fingerprint density at radius 1 is 0.952 bits per heavy atom. The molecule has 0 saturated carbocycles. The second kappa shape index (κ2) is 6.27. The summed E-state index contributed by atoms with van der Waals surface area (Å²) in [5.74, 6) is 1.78. The monoisotopic (exact) mass is 278 g/mol. The molecule has 1 aromatic heterocycles. The van der Waals surface area contributed by atoms with Gasteiger partial charge in [-0.05, 0) is 30.5 Å². The molecular weight excluding hydrogens is 260 g/mol. The molecule has 0 spiro atoms. The van der Waals surface area contributed by atoms with Crippen LogP contribution >= 0.6 is 0 Å². The Balaban J connectivity index is 1.79. The fourth-order valence-electron chi connectivity index (χ4n) is 2.31. The van der Waals surface area contributed by atoms with Gasteiger partial charge in [-0.15, -0.1) is 0 Å². The molecule has 21 heavy (non-hydrogen) atoms. The summed E-state index contributed by atoms with van der Waals surface area (Å²) in [6.07, 6.45) is 0. The third-order valence-electron chi connectivity index (χ3n) is 3.29. The molecule has 0 amide bonds. The Kier molecular flexibility index (Phi) is 4.01. The van der Waals surface area contributed by atoms with E-state index >= 15 is 0 Å². The minimum absolute atomic E-state index is 0.466. The molecular formula is C18H18N2O. The topological polar surface area (TPSA) is 34.1 Å². The molecule has 0 fully saturated rings. The molecule has 3 aromatic rings. The van der Waals surface area contributed by atoms with Gasteiger partial charge in [0.05, 0.1) is 5.69 Å². The summed E-state index contributed by atoms with van der Waals surface area (Å²) in [4.78, 5) is 4.52. The van der Waals surface area contributed by atoms with Crippen molar-refractivity contribution in [1.29, 1.82) is 0 Å². The van der Waals surface area contributed by atoms with Crippen molar-refractivity contribution in [1.82, 2.24) is 4.98 Å². The first-order valence-corrected chi connectivity index (χ1v) is 7.17. The molecule has 106 valence electrons. The molecule has 1 N–H and O–H groups in total. The first-order chi connectivity index (χ1) is 10.4. The number of nitrogens with zero attached hydrogens (tertiary/aromatic N) is 1. The van der Waals surface area contributed by atoms with Crippen LogP contribution in [0.4, 0.5) is 5.82 Å². The van der Waals surface area contributed by atoms with E-state index in [9.17, 15) is 0 Å². The second-order valence-electron chi connectivity index (χ2n) is 4.81. The van der Waals surface area contributed by atoms with E-state index in [0.717, 1.165) is 29.2 Å². The molecule has 0 radical (unpaired) electrons. The maximum Gasteiger partial charge on any atom is 0.130 e. The standard InChI is InChI=1S/C18H18N2O/c1-2-19-18-12-6-9-15(20-18)13-21-17-11-5-8-14-7-3-4-10-16(14)17/h3-12H,2,13H2,1H3,(H,19,20). The molecule has 3 rings (SSSR count). The molecule has 3 nitrogen and oxygen atoms in total. The van der Waals surface area contributed by atoms with Crippen LogP contribution in [0, 0.1) is 0 Å². The van der Waals surface area contributed by atoms with Crippen LogP contribution in [0.2, 0.25) is 0 Å². The van der Waals surface area contributed by atoms with Crippen molar-refractivity contribution in [2.45, 2.75) is 13.5 Å². The molecule has 0 bridgehead atoms. The predicted octanol–water partition coefficient (Wildman–Crippen LogP) is 4.25. The summed E-state index contributed by atoms with van der Waals surface area (Å²) in [6, 6.07) is 20.3. The van der Waals surface area contributed by atoms with E-state index in [1.165, 1.54) is 5.39 Å². The van der Waals surface area contributed by atoms with Gasteiger partial charge in [0, 0.05) is 11.9 Å². The average Bonchev–Trinajstić information content (AvgIpc) is 2.53. The maximum atomic E-state index is 5.95. The number of hydrogen-bond donors (Lipinski definition) is 1. The van der Waals surface area contributed by atoms with Crippen LogP contribution in [0.1, 0.15) is 12.6 Å². The number of rotatable bonds is 5. The lowest BCUT2D eigenvalue weighted by Gasteiger charge is -2.10. The van der Waals surface area contributed by atoms with Gasteiger partial charge in [0.1, 0.15) is 18.2 Å². The summed E-state index contributed by atoms with van der Waals surface area (Å²) < 4.78 is 5.95. The highest BCUT2D eigenvalue weighted by Gasteiger charge is 2.03.